The van der Waals surface area contributed by atoms with Crippen molar-refractivity contribution in [2.24, 2.45) is 0 Å². The van der Waals surface area contributed by atoms with E-state index in [0.717, 1.165) is 30.4 Å². The smallest absolute Gasteiger partial charge is 0.260 e. The molecule has 1 unspecified atom stereocenters. The lowest BCUT2D eigenvalue weighted by Crippen LogP contribution is -2.43. The molecule has 1 fully saturated rings. The molecule has 1 aromatic heterocycles. The molecule has 1 amide bonds. The zero-order valence-electron chi connectivity index (χ0n) is 23.0. The van der Waals surface area contributed by atoms with Gasteiger partial charge in [0, 0.05) is 43.4 Å². The minimum absolute atomic E-state index is 0. The standard InChI is InChI=1S/C27H36N4O5S2.ClH/c1-6-20-9-7-8-14-31(20)38(33,34)21-12-10-19(11-13-21)26(32)30(16-15-29(2)3)27-28-22-17-23(35-4)24(36-5)18-25(22)37-27;/h10-13,17-18,20H,6-9,14-16H2,1-5H3;1H. The molecule has 39 heavy (non-hydrogen) atoms. The van der Waals surface area contributed by atoms with Crippen LogP contribution in [-0.2, 0) is 10.0 Å². The van der Waals surface area contributed by atoms with Crippen LogP contribution in [0.25, 0.3) is 10.2 Å². The molecule has 9 nitrogen and oxygen atoms in total. The predicted molar refractivity (Wildman–Crippen MR) is 158 cm³/mol. The summed E-state index contributed by atoms with van der Waals surface area (Å²) in [4.78, 5) is 22.3. The number of halogens is 1. The molecule has 2 aromatic carbocycles. The molecule has 0 spiro atoms. The Labute approximate surface area is 241 Å². The predicted octanol–water partition coefficient (Wildman–Crippen LogP) is 4.90. The molecule has 3 aromatic rings. The number of rotatable bonds is 10. The van der Waals surface area contributed by atoms with Gasteiger partial charge < -0.3 is 14.4 Å². The topological polar surface area (TPSA) is 92.3 Å². The van der Waals surface area contributed by atoms with Crippen molar-refractivity contribution in [3.05, 3.63) is 42.0 Å². The summed E-state index contributed by atoms with van der Waals surface area (Å²) >= 11 is 1.40. The van der Waals surface area contributed by atoms with Crippen LogP contribution in [0.15, 0.2) is 41.3 Å². The third kappa shape index (κ3) is 6.66. The number of nitrogens with zero attached hydrogens (tertiary/aromatic N) is 4. The van der Waals surface area contributed by atoms with Crippen LogP contribution in [0.3, 0.4) is 0 Å². The van der Waals surface area contributed by atoms with E-state index in [9.17, 15) is 13.2 Å². The van der Waals surface area contributed by atoms with Gasteiger partial charge in [-0.15, -0.1) is 12.4 Å². The maximum Gasteiger partial charge on any atom is 0.260 e. The van der Waals surface area contributed by atoms with Gasteiger partial charge in [-0.25, -0.2) is 13.4 Å². The quantitative estimate of drug-likeness (QED) is 0.329. The van der Waals surface area contributed by atoms with Crippen molar-refractivity contribution < 1.29 is 22.7 Å². The molecule has 214 valence electrons. The fraction of sp³-hybridized carbons (Fsp3) is 0.481. The number of hydrogen-bond donors (Lipinski definition) is 0. The van der Waals surface area contributed by atoms with E-state index >= 15 is 0 Å². The normalized spacial score (nSPS) is 16.2. The molecule has 0 bridgehead atoms. The number of thiazole rings is 1. The minimum Gasteiger partial charge on any atom is -0.493 e. The van der Waals surface area contributed by atoms with Gasteiger partial charge in [0.2, 0.25) is 10.0 Å². The Hall–Kier alpha value is -2.44. The number of amides is 1. The van der Waals surface area contributed by atoms with Crippen LogP contribution in [0.2, 0.25) is 0 Å². The Morgan fingerprint density at radius 3 is 2.36 bits per heavy atom. The number of sulfonamides is 1. The highest BCUT2D eigenvalue weighted by atomic mass is 35.5. The highest BCUT2D eigenvalue weighted by molar-refractivity contribution is 7.89. The number of piperidine rings is 1. The van der Waals surface area contributed by atoms with Crippen LogP contribution in [0.4, 0.5) is 5.13 Å². The Kier molecular flexibility index (Phi) is 10.6. The molecule has 1 atom stereocenters. The number of fused-ring (bicyclic) bond motifs is 1. The molecule has 1 aliphatic heterocycles. The summed E-state index contributed by atoms with van der Waals surface area (Å²) < 4.78 is 40.1. The van der Waals surface area contributed by atoms with Crippen molar-refractivity contribution in [1.82, 2.24) is 14.2 Å². The van der Waals surface area contributed by atoms with Gasteiger partial charge in [0.1, 0.15) is 0 Å². The number of carbonyl (C=O) groups is 1. The lowest BCUT2D eigenvalue weighted by molar-refractivity contribution is 0.0985. The molecular formula is C27H37ClN4O5S2. The Morgan fingerprint density at radius 1 is 1.08 bits per heavy atom. The van der Waals surface area contributed by atoms with Gasteiger partial charge in [-0.3, -0.25) is 9.69 Å². The van der Waals surface area contributed by atoms with E-state index < -0.39 is 10.0 Å². The van der Waals surface area contributed by atoms with Crippen molar-refractivity contribution in [3.63, 3.8) is 0 Å². The second-order valence-electron chi connectivity index (χ2n) is 9.63. The lowest BCUT2D eigenvalue weighted by Gasteiger charge is -2.34. The van der Waals surface area contributed by atoms with E-state index in [4.69, 9.17) is 14.5 Å². The van der Waals surface area contributed by atoms with Gasteiger partial charge in [0.05, 0.1) is 29.3 Å². The zero-order valence-corrected chi connectivity index (χ0v) is 25.5. The van der Waals surface area contributed by atoms with Crippen molar-refractivity contribution in [1.29, 1.82) is 0 Å². The number of methoxy groups -OCH3 is 2. The average molecular weight is 597 g/mol. The molecule has 0 aliphatic carbocycles. The molecule has 1 saturated heterocycles. The first-order valence-corrected chi connectivity index (χ1v) is 15.1. The highest BCUT2D eigenvalue weighted by Gasteiger charge is 2.32. The Bertz CT molecular complexity index is 1340. The summed E-state index contributed by atoms with van der Waals surface area (Å²) in [5.74, 6) is 0.925. The summed E-state index contributed by atoms with van der Waals surface area (Å²) in [6.07, 6.45) is 3.59. The van der Waals surface area contributed by atoms with Gasteiger partial charge >= 0.3 is 0 Å². The lowest BCUT2D eigenvalue weighted by atomic mass is 10.0. The average Bonchev–Trinajstić information content (AvgIpc) is 3.34. The highest BCUT2D eigenvalue weighted by Crippen LogP contribution is 2.37. The van der Waals surface area contributed by atoms with Crippen LogP contribution in [0.1, 0.15) is 43.0 Å². The Balaban J connectivity index is 0.00000420. The first-order valence-electron chi connectivity index (χ1n) is 12.8. The number of hydrogen-bond acceptors (Lipinski definition) is 8. The van der Waals surface area contributed by atoms with Gasteiger partial charge in [-0.1, -0.05) is 24.7 Å². The van der Waals surface area contributed by atoms with Gasteiger partial charge in [-0.05, 0) is 57.6 Å². The number of anilines is 1. The second-order valence-corrected chi connectivity index (χ2v) is 12.5. The van der Waals surface area contributed by atoms with Crippen LogP contribution in [-0.4, -0.2) is 82.5 Å². The minimum atomic E-state index is -3.62. The molecule has 0 radical (unpaired) electrons. The van der Waals surface area contributed by atoms with Gasteiger partial charge in [-0.2, -0.15) is 4.31 Å². The SMILES string of the molecule is CCC1CCCCN1S(=O)(=O)c1ccc(C(=O)N(CCN(C)C)c2nc3cc(OC)c(OC)cc3s2)cc1.Cl. The number of ether oxygens (including phenoxy) is 2. The van der Waals surface area contributed by atoms with Crippen molar-refractivity contribution in [2.45, 2.75) is 43.5 Å². The first kappa shape index (κ1) is 31.1. The molecule has 12 heteroatoms. The van der Waals surface area contributed by atoms with E-state index in [-0.39, 0.29) is 29.3 Å². The maximum atomic E-state index is 13.7. The molecule has 0 N–H and O–H groups in total. The van der Waals surface area contributed by atoms with Crippen molar-refractivity contribution in [2.75, 3.05) is 52.8 Å². The zero-order chi connectivity index (χ0) is 27.4. The van der Waals surface area contributed by atoms with E-state index in [1.807, 2.05) is 32.0 Å². The third-order valence-corrected chi connectivity index (χ3v) is 9.89. The van der Waals surface area contributed by atoms with E-state index in [1.165, 1.54) is 11.3 Å². The van der Waals surface area contributed by atoms with Crippen LogP contribution < -0.4 is 14.4 Å². The van der Waals surface area contributed by atoms with Gasteiger partial charge in [0.25, 0.3) is 5.91 Å². The number of aromatic nitrogens is 1. The fourth-order valence-corrected chi connectivity index (χ4v) is 7.47. The van der Waals surface area contributed by atoms with Crippen molar-refractivity contribution >= 4 is 55.0 Å². The molecule has 2 heterocycles. The summed E-state index contributed by atoms with van der Waals surface area (Å²) in [7, 11) is 3.42. The molecule has 0 saturated carbocycles. The summed E-state index contributed by atoms with van der Waals surface area (Å²) in [6, 6.07) is 9.96. The number of likely N-dealkylation sites (N-methyl/N-ethyl adjacent to an activating group) is 1. The monoisotopic (exact) mass is 596 g/mol. The number of benzene rings is 2. The largest absolute Gasteiger partial charge is 0.493 e. The van der Waals surface area contributed by atoms with E-state index in [2.05, 4.69) is 0 Å². The third-order valence-electron chi connectivity index (χ3n) is 6.88. The van der Waals surface area contributed by atoms with Crippen LogP contribution in [0, 0.1) is 0 Å². The first-order chi connectivity index (χ1) is 18.2. The second kappa shape index (κ2) is 13.3. The summed E-state index contributed by atoms with van der Waals surface area (Å²) in [5, 5.41) is 0.554. The van der Waals surface area contributed by atoms with E-state index in [1.54, 1.807) is 53.8 Å². The maximum absolute atomic E-state index is 13.7. The van der Waals surface area contributed by atoms with Crippen molar-refractivity contribution in [3.8, 4) is 11.5 Å². The molecular weight excluding hydrogens is 560 g/mol. The summed E-state index contributed by atoms with van der Waals surface area (Å²) in [5.41, 5.74) is 1.11. The fourth-order valence-electron chi connectivity index (χ4n) is 4.70. The Morgan fingerprint density at radius 2 is 1.74 bits per heavy atom. The van der Waals surface area contributed by atoms with Gasteiger partial charge in [0.15, 0.2) is 16.6 Å². The number of carbonyl (C=O) groups excluding carboxylic acids is 1. The molecule has 4 rings (SSSR count). The molecule has 1 aliphatic rings. The van der Waals surface area contributed by atoms with Crippen LogP contribution >= 0.6 is 23.7 Å². The van der Waals surface area contributed by atoms with E-state index in [0.29, 0.717) is 47.3 Å². The summed E-state index contributed by atoms with van der Waals surface area (Å²) in [6.45, 7) is 3.61. The van der Waals surface area contributed by atoms with Crippen LogP contribution in [0.5, 0.6) is 11.5 Å².